The summed E-state index contributed by atoms with van der Waals surface area (Å²) >= 11 is 0. The summed E-state index contributed by atoms with van der Waals surface area (Å²) in [6.07, 6.45) is 0.681. The highest BCUT2D eigenvalue weighted by atomic mass is 32.2. The Bertz CT molecular complexity index is 1480. The van der Waals surface area contributed by atoms with Crippen molar-refractivity contribution in [2.75, 3.05) is 12.0 Å². The predicted molar refractivity (Wildman–Crippen MR) is 134 cm³/mol. The Balaban J connectivity index is 1.48. The maximum atomic E-state index is 13.1. The van der Waals surface area contributed by atoms with Crippen molar-refractivity contribution in [3.8, 4) is 11.5 Å². The number of carbonyl (C=O) groups is 3. The van der Waals surface area contributed by atoms with Crippen LogP contribution in [0, 0.1) is 10.1 Å². The van der Waals surface area contributed by atoms with Crippen molar-refractivity contribution in [1.29, 1.82) is 0 Å². The van der Waals surface area contributed by atoms with Crippen LogP contribution in [0.1, 0.15) is 32.7 Å². The summed E-state index contributed by atoms with van der Waals surface area (Å²) in [5.41, 5.74) is 0.694. The number of nitro benzene ring substituents is 1. The lowest BCUT2D eigenvalue weighted by atomic mass is 10.1. The van der Waals surface area contributed by atoms with Gasteiger partial charge in [-0.25, -0.2) is 13.2 Å². The lowest BCUT2D eigenvalue weighted by Crippen LogP contribution is -2.46. The van der Waals surface area contributed by atoms with Crippen LogP contribution in [0.2, 0.25) is 0 Å². The molecule has 1 aliphatic rings. The summed E-state index contributed by atoms with van der Waals surface area (Å²) in [5.74, 6) is -2.01. The number of benzene rings is 3. The predicted octanol–water partition coefficient (Wildman–Crippen LogP) is 3.53. The molecule has 196 valence electrons. The van der Waals surface area contributed by atoms with Crippen LogP contribution in [-0.4, -0.2) is 54.1 Å². The minimum Gasteiger partial charge on any atom is -0.459 e. The average Bonchev–Trinajstić information content (AvgIpc) is 3.13. The maximum Gasteiger partial charge on any atom is 0.329 e. The van der Waals surface area contributed by atoms with E-state index in [-0.39, 0.29) is 29.8 Å². The Labute approximate surface area is 217 Å². The first kappa shape index (κ1) is 26.5. The fraction of sp³-hybridized carbons (Fsp3) is 0.192. The zero-order valence-electron chi connectivity index (χ0n) is 20.1. The molecule has 0 saturated carbocycles. The Kier molecular flexibility index (Phi) is 7.53. The molecule has 38 heavy (non-hydrogen) atoms. The van der Waals surface area contributed by atoms with Crippen molar-refractivity contribution in [3.63, 3.8) is 0 Å². The fourth-order valence-corrected chi connectivity index (χ4v) is 4.54. The second-order valence-electron chi connectivity index (χ2n) is 8.57. The maximum absolute atomic E-state index is 13.1. The molecule has 3 aromatic rings. The van der Waals surface area contributed by atoms with Crippen molar-refractivity contribution in [2.45, 2.75) is 19.1 Å². The van der Waals surface area contributed by atoms with Gasteiger partial charge >= 0.3 is 5.97 Å². The summed E-state index contributed by atoms with van der Waals surface area (Å²) in [7, 11) is -3.51. The number of hydrogen-bond donors (Lipinski definition) is 0. The topological polar surface area (TPSA) is 150 Å². The monoisotopic (exact) mass is 538 g/mol. The third-order valence-corrected chi connectivity index (χ3v) is 6.71. The number of carbonyl (C=O) groups excluding carboxylic acids is 3. The number of non-ortho nitro benzene ring substituents is 1. The van der Waals surface area contributed by atoms with E-state index in [4.69, 9.17) is 9.47 Å². The smallest absolute Gasteiger partial charge is 0.329 e. The van der Waals surface area contributed by atoms with Crippen LogP contribution in [0.4, 0.5) is 5.69 Å². The fourth-order valence-electron chi connectivity index (χ4n) is 3.89. The van der Waals surface area contributed by atoms with Gasteiger partial charge in [0, 0.05) is 18.4 Å². The first-order chi connectivity index (χ1) is 18.0. The minimum absolute atomic E-state index is 0.0819. The number of ether oxygens (including phenoxy) is 2. The Hall–Kier alpha value is -4.58. The third-order valence-electron chi connectivity index (χ3n) is 5.73. The van der Waals surface area contributed by atoms with Gasteiger partial charge in [-0.2, -0.15) is 0 Å². The normalized spacial score (nSPS) is 13.7. The van der Waals surface area contributed by atoms with Crippen molar-refractivity contribution < 1.29 is 37.2 Å². The molecule has 0 spiro atoms. The van der Waals surface area contributed by atoms with Gasteiger partial charge in [0.05, 0.1) is 21.8 Å². The van der Waals surface area contributed by atoms with E-state index in [1.54, 1.807) is 36.4 Å². The molecule has 11 nitrogen and oxygen atoms in total. The van der Waals surface area contributed by atoms with Gasteiger partial charge in [-0.15, -0.1) is 0 Å². The first-order valence-electron chi connectivity index (χ1n) is 11.4. The number of imide groups is 1. The molecule has 1 heterocycles. The lowest BCUT2D eigenvalue weighted by molar-refractivity contribution is -0.384. The van der Waals surface area contributed by atoms with Gasteiger partial charge in [-0.05, 0) is 48.4 Å². The van der Waals surface area contributed by atoms with Crippen molar-refractivity contribution in [1.82, 2.24) is 4.90 Å². The van der Waals surface area contributed by atoms with Crippen LogP contribution < -0.4 is 4.74 Å². The standard InChI is InChI=1S/C26H22N2O9S/c1-38(34,35)14-13-23(27-24(29)21-7-2-3-8-22(21)25(27)30)26(31)36-16-17-5-4-6-20(15-17)37-19-11-9-18(10-12-19)28(32)33/h2-12,15,23H,13-14,16H2,1H3/t23-/m0/s1. The van der Waals surface area contributed by atoms with E-state index in [0.29, 0.717) is 17.1 Å². The molecule has 12 heteroatoms. The van der Waals surface area contributed by atoms with Crippen LogP contribution in [0.25, 0.3) is 0 Å². The molecule has 0 saturated heterocycles. The van der Waals surface area contributed by atoms with Crippen molar-refractivity contribution in [3.05, 3.63) is 99.6 Å². The zero-order valence-corrected chi connectivity index (χ0v) is 20.9. The second kappa shape index (κ2) is 10.8. The number of fused-ring (bicyclic) bond motifs is 1. The average molecular weight is 539 g/mol. The quantitative estimate of drug-likeness (QED) is 0.163. The Morgan fingerprint density at radius 3 is 2.16 bits per heavy atom. The molecule has 0 aromatic heterocycles. The van der Waals surface area contributed by atoms with Crippen LogP contribution in [0.15, 0.2) is 72.8 Å². The summed E-state index contributed by atoms with van der Waals surface area (Å²) in [5, 5.41) is 10.8. The molecule has 0 unspecified atom stereocenters. The molecule has 0 N–H and O–H groups in total. The minimum atomic E-state index is -3.51. The SMILES string of the molecule is CS(=O)(=O)CC[C@@H](C(=O)OCc1cccc(Oc2ccc([N+](=O)[O-])cc2)c1)N1C(=O)c2ccccc2C1=O. The van der Waals surface area contributed by atoms with E-state index < -0.39 is 44.3 Å². The van der Waals surface area contributed by atoms with Gasteiger partial charge in [0.15, 0.2) is 0 Å². The van der Waals surface area contributed by atoms with E-state index >= 15 is 0 Å². The number of hydrogen-bond acceptors (Lipinski definition) is 9. The number of sulfone groups is 1. The van der Waals surface area contributed by atoms with E-state index in [1.807, 2.05) is 0 Å². The lowest BCUT2D eigenvalue weighted by Gasteiger charge is -2.24. The molecule has 1 aliphatic heterocycles. The molecule has 0 radical (unpaired) electrons. The van der Waals surface area contributed by atoms with E-state index in [2.05, 4.69) is 0 Å². The number of esters is 1. The van der Waals surface area contributed by atoms with Gasteiger partial charge in [0.1, 0.15) is 34.0 Å². The van der Waals surface area contributed by atoms with E-state index in [0.717, 1.165) is 11.2 Å². The summed E-state index contributed by atoms with van der Waals surface area (Å²) in [4.78, 5) is 50.0. The van der Waals surface area contributed by atoms with E-state index in [9.17, 15) is 32.9 Å². The number of rotatable bonds is 10. The van der Waals surface area contributed by atoms with E-state index in [1.165, 1.54) is 36.4 Å². The van der Waals surface area contributed by atoms with Gasteiger partial charge < -0.3 is 9.47 Å². The molecule has 4 rings (SSSR count). The number of nitro groups is 1. The summed E-state index contributed by atoms with van der Waals surface area (Å²) in [6.45, 7) is -0.241. The molecule has 0 bridgehead atoms. The molecular formula is C26H22N2O9S. The largest absolute Gasteiger partial charge is 0.459 e. The van der Waals surface area contributed by atoms with Gasteiger partial charge in [0.25, 0.3) is 17.5 Å². The summed E-state index contributed by atoms with van der Waals surface area (Å²) in [6, 6.07) is 16.7. The molecule has 2 amide bonds. The van der Waals surface area contributed by atoms with Crippen molar-refractivity contribution >= 4 is 33.3 Å². The molecule has 0 aliphatic carbocycles. The molecule has 1 atom stereocenters. The zero-order chi connectivity index (χ0) is 27.4. The third kappa shape index (κ3) is 6.03. The van der Waals surface area contributed by atoms with Gasteiger partial charge in [0.2, 0.25) is 0 Å². The molecule has 3 aromatic carbocycles. The first-order valence-corrected chi connectivity index (χ1v) is 13.4. The summed E-state index contributed by atoms with van der Waals surface area (Å²) < 4.78 is 34.7. The van der Waals surface area contributed by atoms with Crippen LogP contribution in [-0.2, 0) is 26.0 Å². The second-order valence-corrected chi connectivity index (χ2v) is 10.8. The van der Waals surface area contributed by atoms with Gasteiger partial charge in [-0.1, -0.05) is 24.3 Å². The highest BCUT2D eigenvalue weighted by molar-refractivity contribution is 7.90. The molecule has 0 fully saturated rings. The van der Waals surface area contributed by atoms with Gasteiger partial charge in [-0.3, -0.25) is 24.6 Å². The van der Waals surface area contributed by atoms with Crippen LogP contribution in [0.5, 0.6) is 11.5 Å². The Morgan fingerprint density at radius 2 is 1.58 bits per heavy atom. The van der Waals surface area contributed by atoms with Crippen LogP contribution >= 0.6 is 0 Å². The van der Waals surface area contributed by atoms with Crippen LogP contribution in [0.3, 0.4) is 0 Å². The highest BCUT2D eigenvalue weighted by Gasteiger charge is 2.43. The Morgan fingerprint density at radius 1 is 0.947 bits per heavy atom. The number of nitrogens with zero attached hydrogens (tertiary/aromatic N) is 2. The highest BCUT2D eigenvalue weighted by Crippen LogP contribution is 2.28. The van der Waals surface area contributed by atoms with Crippen molar-refractivity contribution in [2.24, 2.45) is 0 Å². The molecular weight excluding hydrogens is 516 g/mol. The number of amides is 2.